The molecule has 2 rings (SSSR count). The van der Waals surface area contributed by atoms with Crippen LogP contribution in [0.5, 0.6) is 0 Å². The molecular weight excluding hydrogens is 433 g/mol. The molecule has 0 saturated heterocycles. The second-order valence-electron chi connectivity index (χ2n) is 6.59. The molecule has 1 aromatic heterocycles. The number of aliphatic hydroxyl groups excluding tert-OH is 1. The second kappa shape index (κ2) is 6.86. The molecule has 26 heavy (non-hydrogen) atoms. The fourth-order valence-corrected chi connectivity index (χ4v) is 5.68. The normalized spacial score (nSPS) is 26.8. The van der Waals surface area contributed by atoms with Crippen LogP contribution in [0.2, 0.25) is 0 Å². The van der Waals surface area contributed by atoms with E-state index in [1.165, 1.54) is 33.0 Å². The maximum atomic E-state index is 14.5. The van der Waals surface area contributed by atoms with Crippen LogP contribution in [0, 0.1) is 5.95 Å². The molecule has 8 nitrogen and oxygen atoms in total. The Hall–Kier alpha value is -1.59. The van der Waals surface area contributed by atoms with Crippen LogP contribution in [0.25, 0.3) is 0 Å². The molecular formula is C15H19BrFN3O5S. The molecule has 144 valence electrons. The highest BCUT2D eigenvalue weighted by Crippen LogP contribution is 2.44. The first-order valence-electron chi connectivity index (χ1n) is 7.64. The van der Waals surface area contributed by atoms with Gasteiger partial charge in [0.15, 0.2) is 9.84 Å². The van der Waals surface area contributed by atoms with Crippen LogP contribution in [0.1, 0.15) is 32.8 Å². The first-order valence-corrected chi connectivity index (χ1v) is 9.98. The molecule has 1 amide bonds. The highest BCUT2D eigenvalue weighted by atomic mass is 79.9. The molecule has 1 aliphatic heterocycles. The molecule has 0 saturated carbocycles. The third kappa shape index (κ3) is 3.23. The first kappa shape index (κ1) is 20.7. The lowest BCUT2D eigenvalue weighted by molar-refractivity contribution is 0.199. The molecule has 0 bridgehead atoms. The summed E-state index contributed by atoms with van der Waals surface area (Å²) in [4.78, 5) is 19.0. The van der Waals surface area contributed by atoms with E-state index in [0.29, 0.717) is 4.47 Å². The Balaban J connectivity index is 2.85. The zero-order valence-corrected chi connectivity index (χ0v) is 16.7. The van der Waals surface area contributed by atoms with Gasteiger partial charge in [-0.1, -0.05) is 0 Å². The van der Waals surface area contributed by atoms with Crippen molar-refractivity contribution in [3.05, 3.63) is 28.2 Å². The minimum atomic E-state index is -4.07. The van der Waals surface area contributed by atoms with E-state index in [1.54, 1.807) is 0 Å². The van der Waals surface area contributed by atoms with Gasteiger partial charge in [-0.2, -0.15) is 4.39 Å². The van der Waals surface area contributed by atoms with Gasteiger partial charge in [0.25, 0.3) is 0 Å². The Kier molecular flexibility index (Phi) is 5.46. The van der Waals surface area contributed by atoms with Gasteiger partial charge in [-0.25, -0.2) is 18.2 Å². The highest BCUT2D eigenvalue weighted by Gasteiger charge is 2.57. The Bertz CT molecular complexity index is 874. The van der Waals surface area contributed by atoms with E-state index < -0.39 is 44.0 Å². The van der Waals surface area contributed by atoms with Crippen molar-refractivity contribution in [2.45, 2.75) is 42.7 Å². The average Bonchev–Trinajstić information content (AvgIpc) is 2.52. The number of carboxylic acid groups (broad SMARTS) is 1. The molecule has 0 aliphatic carbocycles. The van der Waals surface area contributed by atoms with E-state index in [1.807, 2.05) is 5.32 Å². The summed E-state index contributed by atoms with van der Waals surface area (Å²) in [6, 6.07) is 1.35. The predicted octanol–water partition coefficient (Wildman–Crippen LogP) is 1.82. The lowest BCUT2D eigenvalue weighted by Gasteiger charge is -2.44. The molecule has 1 unspecified atom stereocenters. The van der Waals surface area contributed by atoms with Gasteiger partial charge >= 0.3 is 6.09 Å². The fraction of sp³-hybridized carbons (Fsp3) is 0.533. The van der Waals surface area contributed by atoms with E-state index >= 15 is 0 Å². The Morgan fingerprint density at radius 3 is 2.58 bits per heavy atom. The highest BCUT2D eigenvalue weighted by molar-refractivity contribution is 9.10. The van der Waals surface area contributed by atoms with Crippen molar-refractivity contribution in [1.82, 2.24) is 10.3 Å². The van der Waals surface area contributed by atoms with Crippen molar-refractivity contribution in [2.24, 2.45) is 4.99 Å². The number of carbonyl (C=O) groups is 1. The summed E-state index contributed by atoms with van der Waals surface area (Å²) in [7, 11) is -4.07. The molecule has 2 atom stereocenters. The average molecular weight is 452 g/mol. The summed E-state index contributed by atoms with van der Waals surface area (Å²) < 4.78 is 39.6. The number of nitrogens with one attached hydrogen (secondary N) is 1. The number of hydrogen-bond acceptors (Lipinski definition) is 6. The number of amides is 1. The maximum absolute atomic E-state index is 14.5. The number of amidine groups is 1. The summed E-state index contributed by atoms with van der Waals surface area (Å²) in [5.41, 5.74) is -1.80. The van der Waals surface area contributed by atoms with Gasteiger partial charge < -0.3 is 10.2 Å². The Labute approximate surface area is 158 Å². The zero-order chi connectivity index (χ0) is 19.9. The van der Waals surface area contributed by atoms with Crippen LogP contribution in [0.15, 0.2) is 21.7 Å². The molecule has 0 fully saturated rings. The summed E-state index contributed by atoms with van der Waals surface area (Å²) in [5.74, 6) is -1.24. The number of aromatic nitrogens is 1. The minimum absolute atomic E-state index is 0.117. The summed E-state index contributed by atoms with van der Waals surface area (Å²) in [5, 5.41) is 19.2. The molecule has 3 N–H and O–H groups in total. The summed E-state index contributed by atoms with van der Waals surface area (Å²) >= 11 is 3.17. The second-order valence-corrected chi connectivity index (χ2v) is 10.2. The van der Waals surface area contributed by atoms with Crippen LogP contribution < -0.4 is 5.32 Å². The third-order valence-corrected chi connectivity index (χ3v) is 8.09. The molecule has 11 heteroatoms. The van der Waals surface area contributed by atoms with Crippen molar-refractivity contribution < 1.29 is 27.8 Å². The van der Waals surface area contributed by atoms with Crippen LogP contribution in [-0.2, 0) is 15.4 Å². The monoisotopic (exact) mass is 451 g/mol. The van der Waals surface area contributed by atoms with Crippen LogP contribution >= 0.6 is 15.9 Å². The number of sulfone groups is 1. The van der Waals surface area contributed by atoms with Gasteiger partial charge in [-0.15, -0.1) is 0 Å². The number of rotatable bonds is 3. The number of hydrogen-bond donors (Lipinski definition) is 3. The molecule has 1 aromatic rings. The van der Waals surface area contributed by atoms with Crippen molar-refractivity contribution in [3.8, 4) is 0 Å². The van der Waals surface area contributed by atoms with Gasteiger partial charge in [-0.3, -0.25) is 10.3 Å². The summed E-state index contributed by atoms with van der Waals surface area (Å²) in [6.45, 7) is 3.55. The minimum Gasteiger partial charge on any atom is -0.465 e. The Morgan fingerprint density at radius 2 is 2.04 bits per heavy atom. The third-order valence-electron chi connectivity index (χ3n) is 4.59. The standard InChI is InChI=1S/C15H19BrFN3O5S/c1-14(2)12(19-13(22)23)20-15(3,10(4-5-21)26(14,24)25)9-6-8(16)7-18-11(9)17/h6-7,10,21H,4-5H2,1-3H3,(H,19,20)(H,22,23)/t10?,15-/m1/s1. The largest absolute Gasteiger partial charge is 0.465 e. The van der Waals surface area contributed by atoms with Gasteiger partial charge in [-0.05, 0) is 49.2 Å². The molecule has 2 heterocycles. The lowest BCUT2D eigenvalue weighted by atomic mass is 9.87. The van der Waals surface area contributed by atoms with E-state index in [0.717, 1.165) is 0 Å². The maximum Gasteiger partial charge on any atom is 0.410 e. The first-order chi connectivity index (χ1) is 11.9. The summed E-state index contributed by atoms with van der Waals surface area (Å²) in [6.07, 6.45) is -0.467. The number of pyridine rings is 1. The van der Waals surface area contributed by atoms with Crippen molar-refractivity contribution >= 4 is 37.7 Å². The number of halogens is 2. The molecule has 0 spiro atoms. The molecule has 0 radical (unpaired) electrons. The van der Waals surface area contributed by atoms with Gasteiger partial charge in [0, 0.05) is 22.8 Å². The van der Waals surface area contributed by atoms with Gasteiger partial charge in [0.1, 0.15) is 16.1 Å². The van der Waals surface area contributed by atoms with E-state index in [-0.39, 0.29) is 17.8 Å². The molecule has 0 aromatic carbocycles. The van der Waals surface area contributed by atoms with Gasteiger partial charge in [0.05, 0.1) is 5.25 Å². The topological polar surface area (TPSA) is 129 Å². The number of nitrogens with zero attached hydrogens (tertiary/aromatic N) is 2. The van der Waals surface area contributed by atoms with Crippen molar-refractivity contribution in [2.75, 3.05) is 6.61 Å². The van der Waals surface area contributed by atoms with Crippen LogP contribution in [0.4, 0.5) is 9.18 Å². The van der Waals surface area contributed by atoms with E-state index in [9.17, 15) is 22.7 Å². The fourth-order valence-electron chi connectivity index (χ4n) is 3.08. The molecule has 1 aliphatic rings. The Morgan fingerprint density at radius 1 is 1.42 bits per heavy atom. The zero-order valence-electron chi connectivity index (χ0n) is 14.3. The lowest BCUT2D eigenvalue weighted by Crippen LogP contribution is -2.61. The predicted molar refractivity (Wildman–Crippen MR) is 96.3 cm³/mol. The smallest absolute Gasteiger partial charge is 0.410 e. The number of aliphatic hydroxyl groups is 1. The van der Waals surface area contributed by atoms with Crippen molar-refractivity contribution in [3.63, 3.8) is 0 Å². The van der Waals surface area contributed by atoms with Crippen LogP contribution in [-0.4, -0.2) is 52.1 Å². The quantitative estimate of drug-likeness (QED) is 0.601. The number of aliphatic imine (C=N–C) groups is 1. The van der Waals surface area contributed by atoms with E-state index in [4.69, 9.17) is 5.11 Å². The van der Waals surface area contributed by atoms with Gasteiger partial charge in [0.2, 0.25) is 5.95 Å². The van der Waals surface area contributed by atoms with Crippen molar-refractivity contribution in [1.29, 1.82) is 0 Å². The van der Waals surface area contributed by atoms with E-state index in [2.05, 4.69) is 25.9 Å². The SMILES string of the molecule is CC1(C)C(NC(=O)O)=N[C@](C)(c2cc(Br)cnc2F)C(CCO)S1(=O)=O. The van der Waals surface area contributed by atoms with Crippen LogP contribution in [0.3, 0.4) is 0 Å².